The zero-order chi connectivity index (χ0) is 14.3. The van der Waals surface area contributed by atoms with Gasteiger partial charge in [0.05, 0.1) is 0 Å². The number of fused-ring (bicyclic) bond motifs is 3. The molecule has 0 aromatic heterocycles. The van der Waals surface area contributed by atoms with Crippen molar-refractivity contribution in [3.05, 3.63) is 0 Å². The van der Waals surface area contributed by atoms with Crippen molar-refractivity contribution in [1.29, 1.82) is 0 Å². The molecule has 0 radical (unpaired) electrons. The predicted octanol–water partition coefficient (Wildman–Crippen LogP) is 4.17. The lowest BCUT2D eigenvalue weighted by atomic mass is 9.54. The number of hydrogen-bond donors (Lipinski definition) is 0. The molecule has 3 rings (SSSR count). The quantitative estimate of drug-likeness (QED) is 0.775. The summed E-state index contributed by atoms with van der Waals surface area (Å²) in [6.45, 7) is 4.14. The zero-order valence-electron chi connectivity index (χ0n) is 13.0. The number of ketones is 2. The molecule has 5 atom stereocenters. The van der Waals surface area contributed by atoms with E-state index in [-0.39, 0.29) is 11.7 Å². The lowest BCUT2D eigenvalue weighted by Gasteiger charge is -2.51. The molecule has 0 spiro atoms. The van der Waals surface area contributed by atoms with Gasteiger partial charge in [-0.1, -0.05) is 13.3 Å². The molecule has 0 aliphatic heterocycles. The van der Waals surface area contributed by atoms with E-state index in [1.165, 1.54) is 32.1 Å². The van der Waals surface area contributed by atoms with Crippen molar-refractivity contribution >= 4 is 11.6 Å². The van der Waals surface area contributed by atoms with Gasteiger partial charge in [0.25, 0.3) is 0 Å². The molecule has 3 aliphatic carbocycles. The molecule has 0 heterocycles. The normalized spacial score (nSPS) is 44.0. The van der Waals surface area contributed by atoms with Gasteiger partial charge in [0, 0.05) is 18.8 Å². The fourth-order valence-corrected chi connectivity index (χ4v) is 5.69. The van der Waals surface area contributed by atoms with E-state index in [2.05, 4.69) is 6.92 Å². The van der Waals surface area contributed by atoms with Crippen LogP contribution in [0.3, 0.4) is 0 Å². The van der Waals surface area contributed by atoms with E-state index in [0.717, 1.165) is 31.1 Å². The lowest BCUT2D eigenvalue weighted by Crippen LogP contribution is -2.46. The molecule has 2 heteroatoms. The average molecular weight is 276 g/mol. The maximum absolute atomic E-state index is 12.3. The van der Waals surface area contributed by atoms with E-state index in [9.17, 15) is 9.59 Å². The first-order valence-corrected chi connectivity index (χ1v) is 8.53. The summed E-state index contributed by atoms with van der Waals surface area (Å²) in [5.41, 5.74) is 0.562. The van der Waals surface area contributed by atoms with Crippen LogP contribution in [0.25, 0.3) is 0 Å². The summed E-state index contributed by atoms with van der Waals surface area (Å²) >= 11 is 0. The molecule has 0 aromatic rings. The highest BCUT2D eigenvalue weighted by molar-refractivity contribution is 5.83. The van der Waals surface area contributed by atoms with Crippen LogP contribution in [0.2, 0.25) is 0 Å². The molecule has 0 aromatic carbocycles. The third-order valence-electron chi connectivity index (χ3n) is 6.74. The zero-order valence-corrected chi connectivity index (χ0v) is 13.0. The maximum Gasteiger partial charge on any atom is 0.136 e. The smallest absolute Gasteiger partial charge is 0.136 e. The van der Waals surface area contributed by atoms with Crippen molar-refractivity contribution in [2.24, 2.45) is 29.1 Å². The minimum Gasteiger partial charge on any atom is -0.300 e. The second-order valence-corrected chi connectivity index (χ2v) is 7.87. The monoisotopic (exact) mass is 276 g/mol. The summed E-state index contributed by atoms with van der Waals surface area (Å²) < 4.78 is 0. The molecule has 0 N–H and O–H groups in total. The maximum atomic E-state index is 12.3. The Kier molecular flexibility index (Phi) is 3.77. The third-order valence-corrected chi connectivity index (χ3v) is 6.74. The van der Waals surface area contributed by atoms with E-state index in [4.69, 9.17) is 0 Å². The van der Waals surface area contributed by atoms with Crippen LogP contribution in [0.5, 0.6) is 0 Å². The first-order chi connectivity index (χ1) is 9.51. The van der Waals surface area contributed by atoms with Crippen molar-refractivity contribution < 1.29 is 9.59 Å². The Morgan fingerprint density at radius 3 is 2.75 bits per heavy atom. The summed E-state index contributed by atoms with van der Waals surface area (Å²) in [7, 11) is 0. The van der Waals surface area contributed by atoms with Gasteiger partial charge in [-0.3, -0.25) is 4.79 Å². The Hall–Kier alpha value is -0.660. The molecule has 20 heavy (non-hydrogen) atoms. The van der Waals surface area contributed by atoms with Crippen LogP contribution in [0.15, 0.2) is 0 Å². The van der Waals surface area contributed by atoms with Gasteiger partial charge in [-0.05, 0) is 68.6 Å². The molecule has 5 unspecified atom stereocenters. The van der Waals surface area contributed by atoms with E-state index in [0.29, 0.717) is 23.5 Å². The van der Waals surface area contributed by atoms with Crippen molar-refractivity contribution in [3.63, 3.8) is 0 Å². The van der Waals surface area contributed by atoms with Gasteiger partial charge in [-0.2, -0.15) is 0 Å². The molecule has 0 bridgehead atoms. The highest BCUT2D eigenvalue weighted by Crippen LogP contribution is 2.60. The van der Waals surface area contributed by atoms with Crippen molar-refractivity contribution in [2.75, 3.05) is 0 Å². The van der Waals surface area contributed by atoms with Crippen LogP contribution in [-0.4, -0.2) is 11.6 Å². The summed E-state index contributed by atoms with van der Waals surface area (Å²) in [6, 6.07) is 0. The number of carbonyl (C=O) groups is 2. The van der Waals surface area contributed by atoms with Gasteiger partial charge >= 0.3 is 0 Å². The summed E-state index contributed by atoms with van der Waals surface area (Å²) in [5, 5.41) is 0. The Morgan fingerprint density at radius 2 is 2.00 bits per heavy atom. The van der Waals surface area contributed by atoms with Crippen LogP contribution in [0.1, 0.15) is 71.6 Å². The molecule has 0 amide bonds. The Bertz CT molecular complexity index is 414. The number of Topliss-reactive ketones (excluding diaryl/α,β-unsaturated/α-hetero) is 2. The Morgan fingerprint density at radius 1 is 1.20 bits per heavy atom. The first kappa shape index (κ1) is 14.3. The average Bonchev–Trinajstić information content (AvgIpc) is 2.79. The minimum absolute atomic E-state index is 0.197. The van der Waals surface area contributed by atoms with Crippen LogP contribution < -0.4 is 0 Å². The molecule has 2 nitrogen and oxygen atoms in total. The Labute approximate surface area is 122 Å². The van der Waals surface area contributed by atoms with E-state index < -0.39 is 0 Å². The molecule has 3 fully saturated rings. The fourth-order valence-electron chi connectivity index (χ4n) is 5.69. The highest BCUT2D eigenvalue weighted by atomic mass is 16.1. The van der Waals surface area contributed by atoms with Gasteiger partial charge in [0.15, 0.2) is 0 Å². The largest absolute Gasteiger partial charge is 0.300 e. The van der Waals surface area contributed by atoms with Gasteiger partial charge in [-0.15, -0.1) is 0 Å². The first-order valence-electron chi connectivity index (χ1n) is 8.53. The van der Waals surface area contributed by atoms with Crippen molar-refractivity contribution in [3.8, 4) is 0 Å². The van der Waals surface area contributed by atoms with E-state index in [1.807, 2.05) is 0 Å². The van der Waals surface area contributed by atoms with Crippen LogP contribution in [0, 0.1) is 29.1 Å². The molecule has 0 saturated heterocycles. The molecule has 3 aliphatic rings. The van der Waals surface area contributed by atoms with Crippen LogP contribution in [0.4, 0.5) is 0 Å². The van der Waals surface area contributed by atoms with Crippen LogP contribution >= 0.6 is 0 Å². The van der Waals surface area contributed by atoms with E-state index in [1.54, 1.807) is 6.92 Å². The fraction of sp³-hybridized carbons (Fsp3) is 0.889. The van der Waals surface area contributed by atoms with Crippen molar-refractivity contribution in [2.45, 2.75) is 71.6 Å². The van der Waals surface area contributed by atoms with Crippen molar-refractivity contribution in [1.82, 2.24) is 0 Å². The number of rotatable bonds is 3. The summed E-state index contributed by atoms with van der Waals surface area (Å²) in [6.07, 6.45) is 10.0. The van der Waals surface area contributed by atoms with Gasteiger partial charge in [0.2, 0.25) is 0 Å². The topological polar surface area (TPSA) is 34.1 Å². The second kappa shape index (κ2) is 5.27. The van der Waals surface area contributed by atoms with E-state index >= 15 is 0 Å². The summed E-state index contributed by atoms with van der Waals surface area (Å²) in [5.74, 6) is 3.10. The van der Waals surface area contributed by atoms with Gasteiger partial charge < -0.3 is 4.79 Å². The number of hydrogen-bond acceptors (Lipinski definition) is 2. The Balaban J connectivity index is 1.76. The third kappa shape index (κ3) is 2.35. The standard InChI is InChI=1S/C18H28O2/c1-12(19)5-6-15-13-9-11-18(2)10-3-4-16(18)14(13)7-8-17(15)20/h13-16H,3-11H2,1-2H3. The van der Waals surface area contributed by atoms with Gasteiger partial charge in [-0.25, -0.2) is 0 Å². The molecular weight excluding hydrogens is 248 g/mol. The van der Waals surface area contributed by atoms with Gasteiger partial charge in [0.1, 0.15) is 11.6 Å². The molecule has 112 valence electrons. The minimum atomic E-state index is 0.197. The predicted molar refractivity (Wildman–Crippen MR) is 79.3 cm³/mol. The summed E-state index contributed by atoms with van der Waals surface area (Å²) in [4.78, 5) is 23.6. The number of carbonyl (C=O) groups excluding carboxylic acids is 2. The molecule has 3 saturated carbocycles. The highest BCUT2D eigenvalue weighted by Gasteiger charge is 2.52. The SMILES string of the molecule is CC(=O)CCC1C(=O)CCC2C1CCC1(C)CCCC21. The van der Waals surface area contributed by atoms with Crippen LogP contribution in [-0.2, 0) is 9.59 Å². The second-order valence-electron chi connectivity index (χ2n) is 7.87. The molecular formula is C18H28O2. The lowest BCUT2D eigenvalue weighted by molar-refractivity contribution is -0.133.